The highest BCUT2D eigenvalue weighted by Gasteiger charge is 2.13. The number of hydrogen-bond donors (Lipinski definition) is 1. The number of aromatic nitrogens is 1. The van der Waals surface area contributed by atoms with E-state index in [9.17, 15) is 0 Å². The molecule has 0 saturated carbocycles. The second-order valence-electron chi connectivity index (χ2n) is 4.70. The Morgan fingerprint density at radius 3 is 2.74 bits per heavy atom. The first-order chi connectivity index (χ1) is 9.01. The van der Waals surface area contributed by atoms with E-state index in [-0.39, 0.29) is 6.08 Å². The molecule has 0 aliphatic carbocycles. The van der Waals surface area contributed by atoms with E-state index >= 15 is 0 Å². The van der Waals surface area contributed by atoms with Crippen LogP contribution in [-0.4, -0.2) is 4.98 Å². The number of nitrogens with zero attached hydrogens (tertiary/aromatic N) is 1. The minimum absolute atomic E-state index is 0.195. The third-order valence-electron chi connectivity index (χ3n) is 2.85. The van der Waals surface area contributed by atoms with E-state index in [1.807, 2.05) is 19.1 Å². The minimum atomic E-state index is 0.195. The molecule has 0 aliphatic heterocycles. The zero-order chi connectivity index (χ0) is 14.0. The van der Waals surface area contributed by atoms with Crippen LogP contribution < -0.4 is 10.5 Å². The van der Waals surface area contributed by atoms with E-state index in [2.05, 4.69) is 18.8 Å². The van der Waals surface area contributed by atoms with Crippen molar-refractivity contribution in [1.29, 1.82) is 0 Å². The van der Waals surface area contributed by atoms with Crippen LogP contribution in [0.1, 0.15) is 36.6 Å². The van der Waals surface area contributed by atoms with Crippen molar-refractivity contribution in [2.75, 3.05) is 0 Å². The van der Waals surface area contributed by atoms with Gasteiger partial charge < -0.3 is 14.9 Å². The van der Waals surface area contributed by atoms with E-state index in [1.165, 1.54) is 6.26 Å². The maximum atomic E-state index is 6.21. The largest absolute Gasteiger partial charge is 0.417 e. The topological polar surface area (TPSA) is 61.3 Å². The third-order valence-corrected chi connectivity index (χ3v) is 3.18. The number of ether oxygens (including phenoxy) is 1. The molecule has 2 aromatic rings. The molecule has 102 valence electrons. The summed E-state index contributed by atoms with van der Waals surface area (Å²) >= 11 is 6.21. The molecule has 0 bridgehead atoms. The fraction of sp³-hybridized carbons (Fsp3) is 0.357. The van der Waals surface area contributed by atoms with Crippen LogP contribution in [0.15, 0.2) is 22.8 Å². The number of halogens is 1. The molecule has 2 rings (SSSR count). The Morgan fingerprint density at radius 1 is 1.42 bits per heavy atom. The van der Waals surface area contributed by atoms with Gasteiger partial charge in [-0.25, -0.2) is 0 Å². The highest BCUT2D eigenvalue weighted by molar-refractivity contribution is 6.31. The molecule has 1 aromatic heterocycles. The molecular weight excluding hydrogens is 264 g/mol. The highest BCUT2D eigenvalue weighted by Crippen LogP contribution is 2.33. The van der Waals surface area contributed by atoms with Gasteiger partial charge in [-0.2, -0.15) is 4.98 Å². The van der Waals surface area contributed by atoms with Crippen LogP contribution in [0.4, 0.5) is 0 Å². The summed E-state index contributed by atoms with van der Waals surface area (Å²) in [6.45, 7) is 6.41. The van der Waals surface area contributed by atoms with Gasteiger partial charge in [0.25, 0.3) is 0 Å². The van der Waals surface area contributed by atoms with Gasteiger partial charge >= 0.3 is 6.08 Å². The lowest BCUT2D eigenvalue weighted by molar-refractivity contribution is 0.329. The number of rotatable bonds is 4. The molecule has 0 saturated heterocycles. The van der Waals surface area contributed by atoms with Crippen molar-refractivity contribution in [2.45, 2.75) is 33.2 Å². The molecule has 1 aromatic carbocycles. The Balaban J connectivity index is 2.31. The maximum Gasteiger partial charge on any atom is 0.399 e. The predicted octanol–water partition coefficient (Wildman–Crippen LogP) is 4.01. The average molecular weight is 281 g/mol. The van der Waals surface area contributed by atoms with Gasteiger partial charge in [0.15, 0.2) is 0 Å². The number of hydrogen-bond acceptors (Lipinski definition) is 4. The summed E-state index contributed by atoms with van der Waals surface area (Å²) < 4.78 is 10.8. The highest BCUT2D eigenvalue weighted by atomic mass is 35.5. The fourth-order valence-corrected chi connectivity index (χ4v) is 2.18. The quantitative estimate of drug-likeness (QED) is 0.919. The van der Waals surface area contributed by atoms with Gasteiger partial charge in [0, 0.05) is 11.6 Å². The van der Waals surface area contributed by atoms with Crippen LogP contribution in [0.3, 0.4) is 0 Å². The number of aryl methyl sites for hydroxylation is 1. The van der Waals surface area contributed by atoms with Gasteiger partial charge in [-0.05, 0) is 36.1 Å². The summed E-state index contributed by atoms with van der Waals surface area (Å²) in [5, 5.41) is 0.745. The van der Waals surface area contributed by atoms with Crippen molar-refractivity contribution < 1.29 is 9.15 Å². The Morgan fingerprint density at radius 2 is 2.16 bits per heavy atom. The van der Waals surface area contributed by atoms with Gasteiger partial charge in [-0.3, -0.25) is 0 Å². The molecule has 0 radical (unpaired) electrons. The SMILES string of the molecule is Cc1cc(Cl)c(C(C)C)cc1Oc1nc(CN)co1. The van der Waals surface area contributed by atoms with Gasteiger partial charge in [-0.1, -0.05) is 25.4 Å². The van der Waals surface area contributed by atoms with Crippen LogP contribution in [0, 0.1) is 6.92 Å². The van der Waals surface area contributed by atoms with Crippen LogP contribution in [0.5, 0.6) is 11.8 Å². The number of nitrogens with two attached hydrogens (primary N) is 1. The van der Waals surface area contributed by atoms with Crippen LogP contribution in [-0.2, 0) is 6.54 Å². The Kier molecular flexibility index (Phi) is 4.12. The van der Waals surface area contributed by atoms with Crippen molar-refractivity contribution in [3.8, 4) is 11.8 Å². The normalized spacial score (nSPS) is 11.1. The van der Waals surface area contributed by atoms with Gasteiger partial charge in [0.05, 0.1) is 5.69 Å². The monoisotopic (exact) mass is 280 g/mol. The van der Waals surface area contributed by atoms with Gasteiger partial charge in [0.1, 0.15) is 12.0 Å². The lowest BCUT2D eigenvalue weighted by atomic mass is 10.0. The van der Waals surface area contributed by atoms with Gasteiger partial charge in [-0.15, -0.1) is 0 Å². The summed E-state index contributed by atoms with van der Waals surface area (Å²) in [5.74, 6) is 1.01. The molecule has 0 fully saturated rings. The third kappa shape index (κ3) is 3.08. The summed E-state index contributed by atoms with van der Waals surface area (Å²) in [7, 11) is 0. The van der Waals surface area contributed by atoms with Crippen LogP contribution in [0.2, 0.25) is 5.02 Å². The van der Waals surface area contributed by atoms with Crippen molar-refractivity contribution in [2.24, 2.45) is 5.73 Å². The summed E-state index contributed by atoms with van der Waals surface area (Å²) in [6.07, 6.45) is 1.69. The molecule has 0 amide bonds. The molecular formula is C14H17ClN2O2. The van der Waals surface area contributed by atoms with Crippen molar-refractivity contribution in [1.82, 2.24) is 4.98 Å². The zero-order valence-electron chi connectivity index (χ0n) is 11.2. The second kappa shape index (κ2) is 5.63. The number of benzene rings is 1. The smallest absolute Gasteiger partial charge is 0.399 e. The average Bonchev–Trinajstić information content (AvgIpc) is 2.80. The molecule has 0 unspecified atom stereocenters. The standard InChI is InChI=1S/C14H17ClN2O2/c1-8(2)11-5-13(9(3)4-12(11)15)19-14-17-10(6-16)7-18-14/h4-5,7-8H,6,16H2,1-3H3. The molecule has 4 nitrogen and oxygen atoms in total. The first kappa shape index (κ1) is 13.9. The molecule has 5 heteroatoms. The Bertz CT molecular complexity index is 579. The minimum Gasteiger partial charge on any atom is -0.417 e. The van der Waals surface area contributed by atoms with Crippen molar-refractivity contribution in [3.05, 3.63) is 40.2 Å². The molecule has 1 heterocycles. The van der Waals surface area contributed by atoms with E-state index in [4.69, 9.17) is 26.5 Å². The molecule has 19 heavy (non-hydrogen) atoms. The maximum absolute atomic E-state index is 6.21. The fourth-order valence-electron chi connectivity index (χ4n) is 1.74. The first-order valence-electron chi connectivity index (χ1n) is 6.13. The summed E-state index contributed by atoms with van der Waals surface area (Å²) in [5.41, 5.74) is 8.10. The Hall–Kier alpha value is -1.52. The predicted molar refractivity (Wildman–Crippen MR) is 74.7 cm³/mol. The Labute approximate surface area is 117 Å². The van der Waals surface area contributed by atoms with E-state index in [1.54, 1.807) is 0 Å². The van der Waals surface area contributed by atoms with E-state index in [0.29, 0.717) is 23.9 Å². The summed E-state index contributed by atoms with van der Waals surface area (Å²) in [4.78, 5) is 4.12. The molecule has 0 atom stereocenters. The van der Waals surface area contributed by atoms with E-state index in [0.717, 1.165) is 16.1 Å². The lowest BCUT2D eigenvalue weighted by Crippen LogP contribution is -1.97. The molecule has 0 spiro atoms. The van der Waals surface area contributed by atoms with Gasteiger partial charge in [0.2, 0.25) is 0 Å². The molecule has 2 N–H and O–H groups in total. The summed E-state index contributed by atoms with van der Waals surface area (Å²) in [6, 6.07) is 3.81. The number of oxazole rings is 1. The van der Waals surface area contributed by atoms with Crippen molar-refractivity contribution in [3.63, 3.8) is 0 Å². The molecule has 0 aliphatic rings. The first-order valence-corrected chi connectivity index (χ1v) is 6.51. The lowest BCUT2D eigenvalue weighted by Gasteiger charge is -2.12. The second-order valence-corrected chi connectivity index (χ2v) is 5.11. The van der Waals surface area contributed by atoms with Crippen LogP contribution in [0.25, 0.3) is 0 Å². The van der Waals surface area contributed by atoms with E-state index < -0.39 is 0 Å². The van der Waals surface area contributed by atoms with Crippen LogP contribution >= 0.6 is 11.6 Å². The zero-order valence-corrected chi connectivity index (χ0v) is 12.0. The van der Waals surface area contributed by atoms with Crippen molar-refractivity contribution >= 4 is 11.6 Å².